The fourth-order valence-electron chi connectivity index (χ4n) is 8.27. The minimum absolute atomic E-state index is 0.0830. The zero-order chi connectivity index (χ0) is 41.9. The third kappa shape index (κ3) is 8.21. The fourth-order valence-corrected chi connectivity index (χ4v) is 8.46. The van der Waals surface area contributed by atoms with E-state index in [1.807, 2.05) is 97.9 Å². The number of carbonyl (C=O) groups is 4. The minimum atomic E-state index is -0.673. The van der Waals surface area contributed by atoms with Crippen LogP contribution in [0.1, 0.15) is 47.8 Å². The van der Waals surface area contributed by atoms with Crippen molar-refractivity contribution in [3.8, 4) is 28.4 Å². The maximum Gasteiger partial charge on any atom is 0.273 e. The Morgan fingerprint density at radius 3 is 1.87 bits per heavy atom. The highest BCUT2D eigenvalue weighted by Crippen LogP contribution is 2.34. The highest BCUT2D eigenvalue weighted by molar-refractivity contribution is 6.30. The van der Waals surface area contributed by atoms with Crippen molar-refractivity contribution < 1.29 is 28.3 Å². The van der Waals surface area contributed by atoms with Gasteiger partial charge in [0.05, 0.1) is 7.11 Å². The Kier molecular flexibility index (Phi) is 11.7. The number of hydrogen-bond acceptors (Lipinski definition) is 8. The summed E-state index contributed by atoms with van der Waals surface area (Å²) in [6.45, 7) is 0.952. The average Bonchev–Trinajstić information content (AvgIpc) is 4.06. The van der Waals surface area contributed by atoms with Crippen LogP contribution in [0, 0.1) is 0 Å². The molecule has 4 heterocycles. The van der Waals surface area contributed by atoms with Gasteiger partial charge in [-0.2, -0.15) is 0 Å². The van der Waals surface area contributed by atoms with Crippen LogP contribution in [0.5, 0.6) is 5.75 Å². The molecule has 2 fully saturated rings. The molecule has 0 aliphatic carbocycles. The van der Waals surface area contributed by atoms with Crippen molar-refractivity contribution in [1.82, 2.24) is 19.7 Å². The van der Waals surface area contributed by atoms with E-state index in [1.54, 1.807) is 53.3 Å². The summed E-state index contributed by atoms with van der Waals surface area (Å²) in [7, 11) is 5.31. The van der Waals surface area contributed by atoms with Crippen molar-refractivity contribution in [3.05, 3.63) is 132 Å². The molecule has 2 aliphatic heterocycles. The van der Waals surface area contributed by atoms with Gasteiger partial charge in [-0.05, 0) is 118 Å². The molecule has 12 nitrogen and oxygen atoms in total. The second kappa shape index (κ2) is 17.4. The largest absolute Gasteiger partial charge is 0.496 e. The minimum Gasteiger partial charge on any atom is -0.496 e. The molecule has 4 aromatic carbocycles. The first-order chi connectivity index (χ1) is 29.1. The molecule has 0 spiro atoms. The summed E-state index contributed by atoms with van der Waals surface area (Å²) in [6, 6.07) is 33.5. The van der Waals surface area contributed by atoms with E-state index in [2.05, 4.69) is 15.6 Å². The summed E-state index contributed by atoms with van der Waals surface area (Å²) in [5, 5.41) is 7.43. The molecule has 6 aromatic rings. The molecule has 0 saturated carbocycles. The van der Waals surface area contributed by atoms with Gasteiger partial charge in [0, 0.05) is 46.4 Å². The number of nitrogens with zero attached hydrogens (tertiary/aromatic N) is 4. The smallest absolute Gasteiger partial charge is 0.273 e. The third-order valence-corrected chi connectivity index (χ3v) is 11.4. The zero-order valence-electron chi connectivity index (χ0n) is 33.6. The highest BCUT2D eigenvalue weighted by Gasteiger charge is 2.39. The summed E-state index contributed by atoms with van der Waals surface area (Å²) >= 11 is 6.33. The lowest BCUT2D eigenvalue weighted by Crippen LogP contribution is -2.47. The van der Waals surface area contributed by atoms with E-state index >= 15 is 0 Å². The summed E-state index contributed by atoms with van der Waals surface area (Å²) in [4.78, 5) is 64.2. The summed E-state index contributed by atoms with van der Waals surface area (Å²) in [5.41, 5.74) is 3.92. The van der Waals surface area contributed by atoms with Crippen molar-refractivity contribution in [1.29, 1.82) is 0 Å². The predicted octanol–water partition coefficient (Wildman–Crippen LogP) is 8.30. The van der Waals surface area contributed by atoms with Gasteiger partial charge in [0.1, 0.15) is 46.2 Å². The van der Waals surface area contributed by atoms with E-state index in [4.69, 9.17) is 20.8 Å². The molecule has 4 amide bonds. The normalized spacial score (nSPS) is 16.9. The molecule has 2 saturated heterocycles. The molecule has 2 N–H and O–H groups in total. The Labute approximate surface area is 353 Å². The Bertz CT molecular complexity index is 2540. The number of anilines is 2. The molecule has 0 bridgehead atoms. The lowest BCUT2D eigenvalue weighted by molar-refractivity contribution is -0.140. The number of likely N-dealkylation sites (tertiary alicyclic amines) is 2. The monoisotopic (exact) mass is 824 g/mol. The van der Waals surface area contributed by atoms with Crippen LogP contribution in [0.3, 0.4) is 0 Å². The SMILES string of the molecule is COc1cccc2c(C(=O)N3CCC[C@H]3C(=O)Nc3ccc(-c4ccc(-c5ccc(NC(=O)[C@@H]6CCCN6C(=O)[C@@H](c6ccccc6)N(C)C)cc5)o4)cc3)nc(Cl)cc12. The first kappa shape index (κ1) is 40.3. The molecule has 8 rings (SSSR count). The van der Waals surface area contributed by atoms with Gasteiger partial charge in [-0.15, -0.1) is 0 Å². The number of hydrogen-bond donors (Lipinski definition) is 2. The van der Waals surface area contributed by atoms with Gasteiger partial charge in [-0.1, -0.05) is 54.1 Å². The van der Waals surface area contributed by atoms with Gasteiger partial charge < -0.3 is 29.6 Å². The molecular formula is C47H45ClN6O6. The number of ether oxygens (including phenoxy) is 1. The zero-order valence-corrected chi connectivity index (χ0v) is 34.3. The standard InChI is InChI=1S/C47H45ClN6O6/c1-52(2)43(31-10-5-4-6-11-31)47(58)54-27-9-14-37(54)45(56)50-33-22-18-30(19-23-33)39-25-24-38(60-39)29-16-20-32(21-17-29)49-44(55)36-13-8-26-53(36)46(57)42-34-12-7-15-40(59-3)35(34)28-41(48)51-42/h4-7,10-12,15-25,28,36-37,43H,8-9,13-14,26-27H2,1-3H3,(H,49,55)(H,50,56)/t36-,37-,43+/m0/s1. The van der Waals surface area contributed by atoms with Crippen LogP contribution in [0.15, 0.2) is 120 Å². The number of fused-ring (bicyclic) bond motifs is 1. The van der Waals surface area contributed by atoms with Gasteiger partial charge >= 0.3 is 0 Å². The summed E-state index contributed by atoms with van der Waals surface area (Å²) < 4.78 is 11.7. The van der Waals surface area contributed by atoms with Crippen LogP contribution in [-0.4, -0.2) is 89.7 Å². The van der Waals surface area contributed by atoms with Crippen molar-refractivity contribution in [2.24, 2.45) is 0 Å². The van der Waals surface area contributed by atoms with E-state index in [9.17, 15) is 19.2 Å². The summed E-state index contributed by atoms with van der Waals surface area (Å²) in [6.07, 6.45) is 2.56. The lowest BCUT2D eigenvalue weighted by atomic mass is 10.0. The first-order valence-electron chi connectivity index (χ1n) is 20.0. The number of pyridine rings is 1. The predicted molar refractivity (Wildman–Crippen MR) is 232 cm³/mol. The van der Waals surface area contributed by atoms with Gasteiger partial charge in [0.25, 0.3) is 5.91 Å². The number of aromatic nitrogens is 1. The van der Waals surface area contributed by atoms with E-state index in [1.165, 1.54) is 0 Å². The van der Waals surface area contributed by atoms with Crippen molar-refractivity contribution in [3.63, 3.8) is 0 Å². The molecule has 2 aliphatic rings. The molecule has 0 unspecified atom stereocenters. The molecule has 2 aromatic heterocycles. The van der Waals surface area contributed by atoms with E-state index in [0.717, 1.165) is 23.1 Å². The van der Waals surface area contributed by atoms with Crippen molar-refractivity contribution >= 4 is 57.4 Å². The second-order valence-corrected chi connectivity index (χ2v) is 15.7. The van der Waals surface area contributed by atoms with Crippen LogP contribution in [0.2, 0.25) is 5.15 Å². The van der Waals surface area contributed by atoms with E-state index in [-0.39, 0.29) is 34.5 Å². The Balaban J connectivity index is 0.884. The second-order valence-electron chi connectivity index (χ2n) is 15.3. The molecule has 306 valence electrons. The van der Waals surface area contributed by atoms with Crippen LogP contribution >= 0.6 is 11.6 Å². The maximum absolute atomic E-state index is 13.8. The first-order valence-corrected chi connectivity index (χ1v) is 20.4. The number of amides is 4. The number of halogens is 1. The molecule has 0 radical (unpaired) electrons. The van der Waals surface area contributed by atoms with E-state index < -0.39 is 18.1 Å². The third-order valence-electron chi connectivity index (χ3n) is 11.2. The number of benzene rings is 4. The summed E-state index contributed by atoms with van der Waals surface area (Å²) in [5.74, 6) is 0.927. The topological polar surface area (TPSA) is 137 Å². The Hall–Kier alpha value is -6.50. The molecule has 60 heavy (non-hydrogen) atoms. The number of rotatable bonds is 11. The number of methoxy groups -OCH3 is 1. The molecule has 3 atom stereocenters. The Morgan fingerprint density at radius 1 is 0.733 bits per heavy atom. The number of likely N-dealkylation sites (N-methyl/N-ethyl adjacent to an activating group) is 1. The van der Waals surface area contributed by atoms with Gasteiger partial charge in [0.15, 0.2) is 0 Å². The quantitative estimate of drug-likeness (QED) is 0.125. The number of furan rings is 1. The lowest BCUT2D eigenvalue weighted by Gasteiger charge is -2.31. The molecular weight excluding hydrogens is 780 g/mol. The van der Waals surface area contributed by atoms with E-state index in [0.29, 0.717) is 71.8 Å². The van der Waals surface area contributed by atoms with Crippen LogP contribution in [0.25, 0.3) is 33.4 Å². The Morgan fingerprint density at radius 2 is 1.30 bits per heavy atom. The molecule has 13 heteroatoms. The number of nitrogens with one attached hydrogen (secondary N) is 2. The van der Waals surface area contributed by atoms with Gasteiger partial charge in [-0.25, -0.2) is 4.98 Å². The van der Waals surface area contributed by atoms with Crippen molar-refractivity contribution in [2.75, 3.05) is 44.9 Å². The maximum atomic E-state index is 13.8. The van der Waals surface area contributed by atoms with Gasteiger partial charge in [0.2, 0.25) is 17.7 Å². The van der Waals surface area contributed by atoms with Crippen LogP contribution < -0.4 is 15.4 Å². The van der Waals surface area contributed by atoms with Crippen LogP contribution in [0.4, 0.5) is 11.4 Å². The highest BCUT2D eigenvalue weighted by atomic mass is 35.5. The van der Waals surface area contributed by atoms with Gasteiger partial charge in [-0.3, -0.25) is 24.1 Å². The fraction of sp³-hybridized carbons (Fsp3) is 0.255. The van der Waals surface area contributed by atoms with Crippen molar-refractivity contribution in [2.45, 2.75) is 43.8 Å². The number of carbonyl (C=O) groups excluding carboxylic acids is 4. The average molecular weight is 825 g/mol. The van der Waals surface area contributed by atoms with Crippen LogP contribution in [-0.2, 0) is 14.4 Å².